The Kier molecular flexibility index (Phi) is 6.39. The Morgan fingerprint density at radius 3 is 2.38 bits per heavy atom. The first-order chi connectivity index (χ1) is 12.4. The minimum atomic E-state index is -2.84. The molecule has 2 aliphatic heterocycles. The third-order valence-corrected chi connectivity index (χ3v) is 6.85. The Hall–Kier alpha value is -1.35. The smallest absolute Gasteiger partial charge is 0.151 e. The Bertz CT molecular complexity index is 671. The first-order valence-electron chi connectivity index (χ1n) is 9.07. The van der Waals surface area contributed by atoms with Crippen LogP contribution >= 0.6 is 0 Å². The summed E-state index contributed by atoms with van der Waals surface area (Å²) in [5, 5.41) is 10.2. The summed E-state index contributed by atoms with van der Waals surface area (Å²) >= 11 is 0. The molecule has 7 nitrogen and oxygen atoms in total. The van der Waals surface area contributed by atoms with Crippen molar-refractivity contribution in [3.05, 3.63) is 24.3 Å². The maximum absolute atomic E-state index is 11.6. The first-order valence-corrected chi connectivity index (χ1v) is 10.9. The van der Waals surface area contributed by atoms with Crippen LogP contribution in [0.5, 0.6) is 11.5 Å². The maximum Gasteiger partial charge on any atom is 0.151 e. The molecule has 0 radical (unpaired) electrons. The minimum absolute atomic E-state index is 0.172. The molecule has 1 aromatic carbocycles. The van der Waals surface area contributed by atoms with E-state index < -0.39 is 15.9 Å². The highest BCUT2D eigenvalue weighted by Crippen LogP contribution is 2.20. The lowest BCUT2D eigenvalue weighted by Crippen LogP contribution is -2.52. The molecule has 0 saturated carbocycles. The molecule has 2 aliphatic rings. The number of piperazine rings is 1. The molecule has 8 heteroatoms. The molecule has 0 aromatic heterocycles. The monoisotopic (exact) mass is 384 g/mol. The van der Waals surface area contributed by atoms with Crippen LogP contribution in [-0.2, 0) is 9.84 Å². The molecule has 2 heterocycles. The fourth-order valence-electron chi connectivity index (χ4n) is 3.59. The summed E-state index contributed by atoms with van der Waals surface area (Å²) in [5.41, 5.74) is 0. The largest absolute Gasteiger partial charge is 0.497 e. The van der Waals surface area contributed by atoms with Gasteiger partial charge in [-0.25, -0.2) is 8.42 Å². The van der Waals surface area contributed by atoms with Crippen molar-refractivity contribution in [2.75, 3.05) is 57.9 Å². The molecule has 2 atom stereocenters. The number of β-amino-alcohol motifs (C(OH)–C–C–N with tert-alkyl or cyclic N) is 1. The number of aliphatic hydroxyl groups is 1. The van der Waals surface area contributed by atoms with Crippen molar-refractivity contribution in [2.24, 2.45) is 0 Å². The number of benzene rings is 1. The van der Waals surface area contributed by atoms with E-state index in [0.29, 0.717) is 23.8 Å². The van der Waals surface area contributed by atoms with Crippen LogP contribution < -0.4 is 9.47 Å². The summed E-state index contributed by atoms with van der Waals surface area (Å²) in [6, 6.07) is 7.46. The molecule has 3 rings (SSSR count). The summed E-state index contributed by atoms with van der Waals surface area (Å²) in [7, 11) is -1.22. The topological polar surface area (TPSA) is 79.3 Å². The molecule has 2 fully saturated rings. The third-order valence-electron chi connectivity index (χ3n) is 5.10. The fraction of sp³-hybridized carbons (Fsp3) is 0.667. The van der Waals surface area contributed by atoms with Crippen molar-refractivity contribution in [3.63, 3.8) is 0 Å². The lowest BCUT2D eigenvalue weighted by atomic mass is 10.2. The summed E-state index contributed by atoms with van der Waals surface area (Å²) in [6.45, 7) is 4.20. The molecule has 1 N–H and O–H groups in total. The van der Waals surface area contributed by atoms with Gasteiger partial charge in [0.2, 0.25) is 0 Å². The zero-order chi connectivity index (χ0) is 18.6. The van der Waals surface area contributed by atoms with Gasteiger partial charge in [0.25, 0.3) is 0 Å². The molecule has 26 heavy (non-hydrogen) atoms. The predicted octanol–water partition coefficient (Wildman–Crippen LogP) is 0.240. The van der Waals surface area contributed by atoms with Gasteiger partial charge in [0, 0.05) is 38.8 Å². The molecule has 2 saturated heterocycles. The highest BCUT2D eigenvalue weighted by Gasteiger charge is 2.33. The van der Waals surface area contributed by atoms with Crippen LogP contribution in [0.15, 0.2) is 24.3 Å². The second-order valence-electron chi connectivity index (χ2n) is 7.03. The number of nitrogens with zero attached hydrogens (tertiary/aromatic N) is 2. The molecule has 2 unspecified atom stereocenters. The van der Waals surface area contributed by atoms with Gasteiger partial charge < -0.3 is 14.6 Å². The Morgan fingerprint density at radius 2 is 1.81 bits per heavy atom. The van der Waals surface area contributed by atoms with E-state index in [4.69, 9.17) is 9.47 Å². The average Bonchev–Trinajstić information content (AvgIpc) is 3.01. The van der Waals surface area contributed by atoms with E-state index in [9.17, 15) is 13.5 Å². The number of aliphatic hydroxyl groups excluding tert-OH is 1. The second-order valence-corrected chi connectivity index (χ2v) is 9.26. The van der Waals surface area contributed by atoms with E-state index in [0.717, 1.165) is 38.3 Å². The lowest BCUT2D eigenvalue weighted by Gasteiger charge is -2.38. The Labute approximate surface area is 155 Å². The molecule has 146 valence electrons. The number of rotatable bonds is 7. The predicted molar refractivity (Wildman–Crippen MR) is 99.6 cm³/mol. The quantitative estimate of drug-likeness (QED) is 0.721. The van der Waals surface area contributed by atoms with Crippen molar-refractivity contribution in [3.8, 4) is 11.5 Å². The zero-order valence-electron chi connectivity index (χ0n) is 15.2. The van der Waals surface area contributed by atoms with Crippen molar-refractivity contribution in [1.29, 1.82) is 0 Å². The SMILES string of the molecule is COc1ccc(OCC(O)CN2CCN(C3CCS(=O)(=O)C3)CC2)cc1. The lowest BCUT2D eigenvalue weighted by molar-refractivity contribution is 0.0389. The van der Waals surface area contributed by atoms with Gasteiger partial charge in [-0.1, -0.05) is 0 Å². The number of sulfone groups is 1. The summed E-state index contributed by atoms with van der Waals surface area (Å²) in [4.78, 5) is 4.49. The van der Waals surface area contributed by atoms with Crippen molar-refractivity contribution in [1.82, 2.24) is 9.80 Å². The van der Waals surface area contributed by atoms with Gasteiger partial charge in [0.05, 0.1) is 18.6 Å². The minimum Gasteiger partial charge on any atom is -0.497 e. The highest BCUT2D eigenvalue weighted by atomic mass is 32.2. The third kappa shape index (κ3) is 5.33. The van der Waals surface area contributed by atoms with Gasteiger partial charge >= 0.3 is 0 Å². The van der Waals surface area contributed by atoms with Gasteiger partial charge in [-0.2, -0.15) is 0 Å². The molecular weight excluding hydrogens is 356 g/mol. The van der Waals surface area contributed by atoms with Crippen LogP contribution in [0.25, 0.3) is 0 Å². The summed E-state index contributed by atoms with van der Waals surface area (Å²) < 4.78 is 34.0. The molecule has 1 aromatic rings. The van der Waals surface area contributed by atoms with Crippen LogP contribution in [0.4, 0.5) is 0 Å². The molecule has 0 aliphatic carbocycles. The molecular formula is C18H28N2O5S. The second kappa shape index (κ2) is 8.56. The number of hydrogen-bond acceptors (Lipinski definition) is 7. The van der Waals surface area contributed by atoms with Crippen LogP contribution in [0.3, 0.4) is 0 Å². The van der Waals surface area contributed by atoms with Crippen LogP contribution in [0.1, 0.15) is 6.42 Å². The van der Waals surface area contributed by atoms with Gasteiger partial charge in [-0.05, 0) is 30.7 Å². The number of methoxy groups -OCH3 is 1. The van der Waals surface area contributed by atoms with Crippen LogP contribution in [-0.4, -0.2) is 93.4 Å². The van der Waals surface area contributed by atoms with Gasteiger partial charge in [-0.3, -0.25) is 9.80 Å². The van der Waals surface area contributed by atoms with E-state index in [1.165, 1.54) is 0 Å². The van der Waals surface area contributed by atoms with E-state index >= 15 is 0 Å². The van der Waals surface area contributed by atoms with E-state index in [2.05, 4.69) is 9.80 Å². The normalized spacial score (nSPS) is 25.1. The Morgan fingerprint density at radius 1 is 1.15 bits per heavy atom. The Balaban J connectivity index is 1.37. The zero-order valence-corrected chi connectivity index (χ0v) is 16.0. The standard InChI is InChI=1S/C18H28N2O5S/c1-24-17-2-4-18(5-3-17)25-13-16(21)12-19-7-9-20(10-8-19)15-6-11-26(22,23)14-15/h2-5,15-16,21H,6-14H2,1H3. The van der Waals surface area contributed by atoms with Gasteiger partial charge in [0.1, 0.15) is 24.2 Å². The number of ether oxygens (including phenoxy) is 2. The van der Waals surface area contributed by atoms with Gasteiger partial charge in [-0.15, -0.1) is 0 Å². The van der Waals surface area contributed by atoms with Crippen molar-refractivity contribution >= 4 is 9.84 Å². The highest BCUT2D eigenvalue weighted by molar-refractivity contribution is 7.91. The van der Waals surface area contributed by atoms with Crippen LogP contribution in [0.2, 0.25) is 0 Å². The summed E-state index contributed by atoms with van der Waals surface area (Å²) in [5.74, 6) is 2.09. The molecule has 0 amide bonds. The first kappa shape index (κ1) is 19.4. The van der Waals surface area contributed by atoms with E-state index in [-0.39, 0.29) is 12.6 Å². The average molecular weight is 384 g/mol. The van der Waals surface area contributed by atoms with E-state index in [1.54, 1.807) is 7.11 Å². The maximum atomic E-state index is 11.6. The number of hydrogen-bond donors (Lipinski definition) is 1. The van der Waals surface area contributed by atoms with Crippen molar-refractivity contribution < 1.29 is 23.0 Å². The fourth-order valence-corrected chi connectivity index (χ4v) is 5.35. The molecule has 0 spiro atoms. The molecule has 0 bridgehead atoms. The van der Waals surface area contributed by atoms with Crippen LogP contribution in [0, 0.1) is 0 Å². The summed E-state index contributed by atoms with van der Waals surface area (Å²) in [6.07, 6.45) is 0.191. The van der Waals surface area contributed by atoms with Gasteiger partial charge in [0.15, 0.2) is 9.84 Å². The van der Waals surface area contributed by atoms with E-state index in [1.807, 2.05) is 24.3 Å². The van der Waals surface area contributed by atoms with Crippen molar-refractivity contribution in [2.45, 2.75) is 18.6 Å².